The van der Waals surface area contributed by atoms with Crippen molar-refractivity contribution in [3.8, 4) is 0 Å². The second-order valence-electron chi connectivity index (χ2n) is 3.86. The molecule has 1 heterocycles. The normalized spacial score (nSPS) is 14.7. The Morgan fingerprint density at radius 1 is 1.53 bits per heavy atom. The Kier molecular flexibility index (Phi) is 6.19. The number of halogens is 3. The van der Waals surface area contributed by atoms with Gasteiger partial charge in [-0.2, -0.15) is 0 Å². The molecule has 17 heavy (non-hydrogen) atoms. The van der Waals surface area contributed by atoms with Gasteiger partial charge >= 0.3 is 0 Å². The van der Waals surface area contributed by atoms with Gasteiger partial charge < -0.3 is 10.6 Å². The fourth-order valence-electron chi connectivity index (χ4n) is 1.50. The van der Waals surface area contributed by atoms with Gasteiger partial charge in [0, 0.05) is 33.6 Å². The maximum atomic E-state index is 11.9. The van der Waals surface area contributed by atoms with Gasteiger partial charge in [0.1, 0.15) is 0 Å². The molecule has 0 aliphatic carbocycles. The van der Waals surface area contributed by atoms with Gasteiger partial charge in [-0.1, -0.05) is 15.9 Å². The number of rotatable bonds is 3. The minimum atomic E-state index is 0. The minimum absolute atomic E-state index is 0. The van der Waals surface area contributed by atoms with Crippen molar-refractivity contribution in [3.05, 3.63) is 31.8 Å². The summed E-state index contributed by atoms with van der Waals surface area (Å²) in [6.07, 6.45) is 0. The largest absolute Gasteiger partial charge is 0.352 e. The fourth-order valence-corrected chi connectivity index (χ4v) is 2.44. The number of benzene rings is 1. The van der Waals surface area contributed by atoms with Crippen molar-refractivity contribution in [1.82, 2.24) is 10.6 Å². The molecule has 0 atom stereocenters. The molecule has 1 amide bonds. The highest BCUT2D eigenvalue weighted by Crippen LogP contribution is 2.18. The standard InChI is InChI=1S/C11H12BrIN2O.ClH/c12-8-1-2-10(13)9(3-8)11(16)15-6-7-4-14-5-7;/h1-3,7,14H,4-6H2,(H,15,16);1H. The molecule has 1 aliphatic rings. The average Bonchev–Trinajstić information content (AvgIpc) is 2.19. The van der Waals surface area contributed by atoms with E-state index in [1.165, 1.54) is 0 Å². The van der Waals surface area contributed by atoms with Crippen molar-refractivity contribution in [2.24, 2.45) is 5.92 Å². The molecule has 0 spiro atoms. The monoisotopic (exact) mass is 430 g/mol. The topological polar surface area (TPSA) is 41.1 Å². The highest BCUT2D eigenvalue weighted by Gasteiger charge is 2.18. The number of amides is 1. The Bertz CT molecular complexity index is 412. The van der Waals surface area contributed by atoms with E-state index in [4.69, 9.17) is 0 Å². The fraction of sp³-hybridized carbons (Fsp3) is 0.364. The maximum Gasteiger partial charge on any atom is 0.252 e. The van der Waals surface area contributed by atoms with Gasteiger partial charge in [0.25, 0.3) is 5.91 Å². The van der Waals surface area contributed by atoms with Crippen LogP contribution in [0.3, 0.4) is 0 Å². The predicted molar refractivity (Wildman–Crippen MR) is 82.8 cm³/mol. The lowest BCUT2D eigenvalue weighted by Gasteiger charge is -2.27. The van der Waals surface area contributed by atoms with Gasteiger partial charge in [-0.05, 0) is 40.8 Å². The molecule has 3 nitrogen and oxygen atoms in total. The molecular formula is C11H13BrClIN2O. The molecule has 2 N–H and O–H groups in total. The zero-order chi connectivity index (χ0) is 11.5. The van der Waals surface area contributed by atoms with Gasteiger partial charge in [-0.3, -0.25) is 4.79 Å². The van der Waals surface area contributed by atoms with E-state index in [0.29, 0.717) is 5.92 Å². The molecule has 1 fully saturated rings. The van der Waals surface area contributed by atoms with E-state index < -0.39 is 0 Å². The van der Waals surface area contributed by atoms with Crippen LogP contribution in [0.15, 0.2) is 22.7 Å². The Morgan fingerprint density at radius 2 is 2.24 bits per heavy atom. The molecule has 1 aliphatic heterocycles. The molecule has 0 saturated carbocycles. The maximum absolute atomic E-state index is 11.9. The van der Waals surface area contributed by atoms with Crippen LogP contribution in [0.4, 0.5) is 0 Å². The number of hydrogen-bond acceptors (Lipinski definition) is 2. The van der Waals surface area contributed by atoms with Crippen LogP contribution in [-0.4, -0.2) is 25.5 Å². The quantitative estimate of drug-likeness (QED) is 0.722. The third kappa shape index (κ3) is 4.08. The van der Waals surface area contributed by atoms with Crippen molar-refractivity contribution in [2.75, 3.05) is 19.6 Å². The molecule has 6 heteroatoms. The van der Waals surface area contributed by atoms with E-state index in [1.807, 2.05) is 18.2 Å². The summed E-state index contributed by atoms with van der Waals surface area (Å²) in [6, 6.07) is 5.73. The van der Waals surface area contributed by atoms with Crippen LogP contribution in [0.25, 0.3) is 0 Å². The van der Waals surface area contributed by atoms with Crippen LogP contribution < -0.4 is 10.6 Å². The van der Waals surface area contributed by atoms with Gasteiger partial charge in [-0.25, -0.2) is 0 Å². The third-order valence-corrected chi connectivity index (χ3v) is 4.02. The Hall–Kier alpha value is 0.150. The van der Waals surface area contributed by atoms with Crippen molar-refractivity contribution < 1.29 is 4.79 Å². The number of carbonyl (C=O) groups is 1. The first-order valence-electron chi connectivity index (χ1n) is 5.11. The Morgan fingerprint density at radius 3 is 2.82 bits per heavy atom. The van der Waals surface area contributed by atoms with Gasteiger partial charge in [0.2, 0.25) is 0 Å². The summed E-state index contributed by atoms with van der Waals surface area (Å²) < 4.78 is 1.91. The highest BCUT2D eigenvalue weighted by molar-refractivity contribution is 14.1. The molecule has 0 radical (unpaired) electrons. The number of nitrogens with one attached hydrogen (secondary N) is 2. The van der Waals surface area contributed by atoms with Crippen molar-refractivity contribution in [3.63, 3.8) is 0 Å². The highest BCUT2D eigenvalue weighted by atomic mass is 127. The molecule has 1 saturated heterocycles. The lowest BCUT2D eigenvalue weighted by atomic mass is 10.0. The molecule has 2 rings (SSSR count). The van der Waals surface area contributed by atoms with Gasteiger partial charge in [0.15, 0.2) is 0 Å². The second-order valence-corrected chi connectivity index (χ2v) is 5.94. The molecule has 0 aromatic heterocycles. The van der Waals surface area contributed by atoms with Gasteiger partial charge in [0.05, 0.1) is 5.56 Å². The van der Waals surface area contributed by atoms with Crippen molar-refractivity contribution in [1.29, 1.82) is 0 Å². The van der Waals surface area contributed by atoms with Crippen LogP contribution >= 0.6 is 50.9 Å². The first kappa shape index (κ1) is 15.2. The zero-order valence-corrected chi connectivity index (χ0v) is 13.6. The number of hydrogen-bond donors (Lipinski definition) is 2. The first-order chi connectivity index (χ1) is 7.66. The molecule has 0 bridgehead atoms. The summed E-state index contributed by atoms with van der Waals surface area (Å²) in [5.41, 5.74) is 0.738. The molecule has 0 unspecified atom stereocenters. The molecule has 1 aromatic rings. The van der Waals surface area contributed by atoms with E-state index in [-0.39, 0.29) is 18.3 Å². The van der Waals surface area contributed by atoms with E-state index in [1.54, 1.807) is 0 Å². The Labute approximate surface area is 129 Å². The van der Waals surface area contributed by atoms with Crippen molar-refractivity contribution in [2.45, 2.75) is 0 Å². The lowest BCUT2D eigenvalue weighted by Crippen LogP contribution is -2.48. The SMILES string of the molecule is Cl.O=C(NCC1CNC1)c1cc(Br)ccc1I. The van der Waals surface area contributed by atoms with E-state index in [0.717, 1.165) is 33.2 Å². The zero-order valence-electron chi connectivity index (χ0n) is 9.00. The van der Waals surface area contributed by atoms with E-state index in [9.17, 15) is 4.79 Å². The van der Waals surface area contributed by atoms with Crippen LogP contribution in [-0.2, 0) is 0 Å². The summed E-state index contributed by atoms with van der Waals surface area (Å²) in [4.78, 5) is 11.9. The summed E-state index contributed by atoms with van der Waals surface area (Å²) in [5.74, 6) is 0.603. The molecule has 94 valence electrons. The average molecular weight is 431 g/mol. The van der Waals surface area contributed by atoms with E-state index in [2.05, 4.69) is 49.2 Å². The van der Waals surface area contributed by atoms with Crippen LogP contribution in [0, 0.1) is 9.49 Å². The van der Waals surface area contributed by atoms with Crippen LogP contribution in [0.1, 0.15) is 10.4 Å². The summed E-state index contributed by atoms with van der Waals surface area (Å²) >= 11 is 5.55. The van der Waals surface area contributed by atoms with Crippen LogP contribution in [0.2, 0.25) is 0 Å². The lowest BCUT2D eigenvalue weighted by molar-refractivity contribution is 0.0941. The summed E-state index contributed by atoms with van der Waals surface area (Å²) in [6.45, 7) is 2.78. The van der Waals surface area contributed by atoms with E-state index >= 15 is 0 Å². The predicted octanol–water partition coefficient (Wildman–Crippen LogP) is 2.42. The van der Waals surface area contributed by atoms with Crippen LogP contribution in [0.5, 0.6) is 0 Å². The van der Waals surface area contributed by atoms with Gasteiger partial charge in [-0.15, -0.1) is 12.4 Å². The summed E-state index contributed by atoms with van der Waals surface area (Å²) in [5, 5.41) is 6.15. The molecule has 1 aromatic carbocycles. The van der Waals surface area contributed by atoms with Crippen molar-refractivity contribution >= 4 is 56.8 Å². The number of carbonyl (C=O) groups excluding carboxylic acids is 1. The summed E-state index contributed by atoms with van der Waals surface area (Å²) in [7, 11) is 0. The third-order valence-electron chi connectivity index (χ3n) is 2.59. The first-order valence-corrected chi connectivity index (χ1v) is 6.98. The minimum Gasteiger partial charge on any atom is -0.352 e. The molecular weight excluding hydrogens is 418 g/mol. The smallest absolute Gasteiger partial charge is 0.252 e. The Balaban J connectivity index is 0.00000144. The second kappa shape index (κ2) is 6.92.